The van der Waals surface area contributed by atoms with Gasteiger partial charge in [-0.05, 0) is 24.3 Å². The summed E-state index contributed by atoms with van der Waals surface area (Å²) in [4.78, 5) is 14.2. The minimum absolute atomic E-state index is 0.245. The van der Waals surface area contributed by atoms with E-state index in [0.29, 0.717) is 16.8 Å². The van der Waals surface area contributed by atoms with Crippen molar-refractivity contribution in [2.75, 3.05) is 0 Å². The van der Waals surface area contributed by atoms with Crippen LogP contribution >= 0.6 is 0 Å². The van der Waals surface area contributed by atoms with Crippen LogP contribution in [0.4, 0.5) is 13.2 Å². The van der Waals surface area contributed by atoms with Gasteiger partial charge in [0, 0.05) is 18.0 Å². The first kappa shape index (κ1) is 12.5. The monoisotopic (exact) mass is 278 g/mol. The Kier molecular flexibility index (Phi) is 2.67. The number of aromatic nitrogens is 2. The molecule has 3 rings (SSSR count). The SMILES string of the molecule is O=c1[nH]cc(-c2ccc(C(F)(F)F)cc2)n2cccc12. The van der Waals surface area contributed by atoms with Crippen molar-refractivity contribution < 1.29 is 13.2 Å². The van der Waals surface area contributed by atoms with Gasteiger partial charge in [-0.15, -0.1) is 0 Å². The predicted molar refractivity (Wildman–Crippen MR) is 68.5 cm³/mol. The molecule has 0 atom stereocenters. The van der Waals surface area contributed by atoms with Gasteiger partial charge in [0.2, 0.25) is 0 Å². The molecule has 0 aliphatic carbocycles. The van der Waals surface area contributed by atoms with Crippen molar-refractivity contribution in [1.29, 1.82) is 0 Å². The molecule has 2 heterocycles. The van der Waals surface area contributed by atoms with Crippen LogP contribution in [0, 0.1) is 0 Å². The number of rotatable bonds is 1. The number of aromatic amines is 1. The Hall–Kier alpha value is -2.50. The number of halogens is 3. The van der Waals surface area contributed by atoms with E-state index in [1.54, 1.807) is 22.7 Å². The van der Waals surface area contributed by atoms with E-state index in [-0.39, 0.29) is 5.56 Å². The molecular formula is C14H9F3N2O. The summed E-state index contributed by atoms with van der Waals surface area (Å²) in [5.74, 6) is 0. The molecule has 0 saturated carbocycles. The fourth-order valence-electron chi connectivity index (χ4n) is 2.11. The van der Waals surface area contributed by atoms with Crippen LogP contribution < -0.4 is 5.56 Å². The van der Waals surface area contributed by atoms with Crippen LogP contribution in [0.3, 0.4) is 0 Å². The van der Waals surface area contributed by atoms with E-state index >= 15 is 0 Å². The molecule has 2 aromatic heterocycles. The number of benzene rings is 1. The molecule has 1 N–H and O–H groups in total. The lowest BCUT2D eigenvalue weighted by Crippen LogP contribution is -2.09. The third-order valence-corrected chi connectivity index (χ3v) is 3.09. The number of H-pyrrole nitrogens is 1. The summed E-state index contributed by atoms with van der Waals surface area (Å²) in [5, 5.41) is 0. The normalized spacial score (nSPS) is 11.9. The molecule has 6 heteroatoms. The average molecular weight is 278 g/mol. The molecular weight excluding hydrogens is 269 g/mol. The maximum atomic E-state index is 12.5. The molecule has 102 valence electrons. The Balaban J connectivity index is 2.14. The molecule has 0 amide bonds. The smallest absolute Gasteiger partial charge is 0.325 e. The zero-order chi connectivity index (χ0) is 14.3. The van der Waals surface area contributed by atoms with Gasteiger partial charge in [-0.1, -0.05) is 12.1 Å². The quantitative estimate of drug-likeness (QED) is 0.728. The van der Waals surface area contributed by atoms with Gasteiger partial charge in [0.1, 0.15) is 5.52 Å². The second kappa shape index (κ2) is 4.26. The molecule has 20 heavy (non-hydrogen) atoms. The largest absolute Gasteiger partial charge is 0.416 e. The van der Waals surface area contributed by atoms with Crippen molar-refractivity contribution in [3.8, 4) is 11.3 Å². The number of nitrogens with zero attached hydrogens (tertiary/aromatic N) is 1. The fourth-order valence-corrected chi connectivity index (χ4v) is 2.11. The van der Waals surface area contributed by atoms with Crippen molar-refractivity contribution in [2.45, 2.75) is 6.18 Å². The van der Waals surface area contributed by atoms with E-state index < -0.39 is 11.7 Å². The van der Waals surface area contributed by atoms with E-state index in [0.717, 1.165) is 12.1 Å². The van der Waals surface area contributed by atoms with Gasteiger partial charge in [-0.2, -0.15) is 13.2 Å². The van der Waals surface area contributed by atoms with Crippen molar-refractivity contribution in [3.05, 3.63) is 64.7 Å². The molecule has 0 fully saturated rings. The molecule has 3 aromatic rings. The summed E-state index contributed by atoms with van der Waals surface area (Å²) in [5.41, 5.74) is 0.719. The van der Waals surface area contributed by atoms with E-state index in [4.69, 9.17) is 0 Å². The lowest BCUT2D eigenvalue weighted by atomic mass is 10.1. The van der Waals surface area contributed by atoms with Crippen molar-refractivity contribution >= 4 is 5.52 Å². The van der Waals surface area contributed by atoms with E-state index in [2.05, 4.69) is 4.98 Å². The maximum Gasteiger partial charge on any atom is 0.416 e. The van der Waals surface area contributed by atoms with Gasteiger partial charge < -0.3 is 9.38 Å². The Bertz CT molecular complexity index is 813. The molecule has 0 unspecified atom stereocenters. The summed E-state index contributed by atoms with van der Waals surface area (Å²) < 4.78 is 39.2. The highest BCUT2D eigenvalue weighted by molar-refractivity contribution is 5.64. The summed E-state index contributed by atoms with van der Waals surface area (Å²) in [6, 6.07) is 8.17. The number of hydrogen-bond acceptors (Lipinski definition) is 1. The van der Waals surface area contributed by atoms with Gasteiger partial charge in [-0.3, -0.25) is 4.79 Å². The highest BCUT2D eigenvalue weighted by atomic mass is 19.4. The predicted octanol–water partition coefficient (Wildman–Crippen LogP) is 3.31. The first-order valence-corrected chi connectivity index (χ1v) is 5.83. The van der Waals surface area contributed by atoms with Crippen LogP contribution in [0.25, 0.3) is 16.8 Å². The minimum atomic E-state index is -4.35. The number of nitrogens with one attached hydrogen (secondary N) is 1. The second-order valence-corrected chi connectivity index (χ2v) is 4.34. The fraction of sp³-hybridized carbons (Fsp3) is 0.0714. The molecule has 0 aliphatic rings. The molecule has 0 aliphatic heterocycles. The Morgan fingerprint density at radius 3 is 2.40 bits per heavy atom. The van der Waals surface area contributed by atoms with Crippen LogP contribution in [-0.4, -0.2) is 9.38 Å². The van der Waals surface area contributed by atoms with Gasteiger partial charge in [-0.25, -0.2) is 0 Å². The summed E-state index contributed by atoms with van der Waals surface area (Å²) in [6.45, 7) is 0. The molecule has 1 aromatic carbocycles. The molecule has 0 spiro atoms. The molecule has 3 nitrogen and oxygen atoms in total. The van der Waals surface area contributed by atoms with E-state index in [1.165, 1.54) is 18.3 Å². The lowest BCUT2D eigenvalue weighted by Gasteiger charge is -2.09. The number of fused-ring (bicyclic) bond motifs is 1. The van der Waals surface area contributed by atoms with Crippen LogP contribution in [-0.2, 0) is 6.18 Å². The molecule has 0 saturated heterocycles. The van der Waals surface area contributed by atoms with Crippen molar-refractivity contribution in [2.24, 2.45) is 0 Å². The van der Waals surface area contributed by atoms with Crippen LogP contribution in [0.1, 0.15) is 5.56 Å². The minimum Gasteiger partial charge on any atom is -0.325 e. The lowest BCUT2D eigenvalue weighted by molar-refractivity contribution is -0.137. The van der Waals surface area contributed by atoms with Gasteiger partial charge in [0.05, 0.1) is 11.3 Å². The zero-order valence-corrected chi connectivity index (χ0v) is 10.1. The average Bonchev–Trinajstić information content (AvgIpc) is 2.88. The molecule has 0 bridgehead atoms. The van der Waals surface area contributed by atoms with Crippen LogP contribution in [0.5, 0.6) is 0 Å². The van der Waals surface area contributed by atoms with E-state index in [1.807, 2.05) is 0 Å². The topological polar surface area (TPSA) is 37.3 Å². The molecule has 0 radical (unpaired) electrons. The van der Waals surface area contributed by atoms with Crippen molar-refractivity contribution in [3.63, 3.8) is 0 Å². The highest BCUT2D eigenvalue weighted by Gasteiger charge is 2.30. The van der Waals surface area contributed by atoms with Gasteiger partial charge in [0.15, 0.2) is 0 Å². The summed E-state index contributed by atoms with van der Waals surface area (Å²) >= 11 is 0. The highest BCUT2D eigenvalue weighted by Crippen LogP contribution is 2.30. The van der Waals surface area contributed by atoms with Crippen LogP contribution in [0.15, 0.2) is 53.6 Å². The summed E-state index contributed by atoms with van der Waals surface area (Å²) in [7, 11) is 0. The van der Waals surface area contributed by atoms with E-state index in [9.17, 15) is 18.0 Å². The van der Waals surface area contributed by atoms with Crippen molar-refractivity contribution in [1.82, 2.24) is 9.38 Å². The van der Waals surface area contributed by atoms with Crippen LogP contribution in [0.2, 0.25) is 0 Å². The Morgan fingerprint density at radius 1 is 1.05 bits per heavy atom. The standard InChI is InChI=1S/C14H9F3N2O/c15-14(16,17)10-5-3-9(4-6-10)12-8-18-13(20)11-2-1-7-19(11)12/h1-8H,(H,18,20). The first-order chi connectivity index (χ1) is 9.47. The first-order valence-electron chi connectivity index (χ1n) is 5.83. The Labute approximate surface area is 111 Å². The third kappa shape index (κ3) is 1.99. The van der Waals surface area contributed by atoms with Gasteiger partial charge >= 0.3 is 6.18 Å². The third-order valence-electron chi connectivity index (χ3n) is 3.09. The number of alkyl halides is 3. The zero-order valence-electron chi connectivity index (χ0n) is 10.1. The summed E-state index contributed by atoms with van der Waals surface area (Å²) in [6.07, 6.45) is -1.18. The maximum absolute atomic E-state index is 12.5. The second-order valence-electron chi connectivity index (χ2n) is 4.34. The Morgan fingerprint density at radius 2 is 1.75 bits per heavy atom. The van der Waals surface area contributed by atoms with Gasteiger partial charge in [0.25, 0.3) is 5.56 Å². The number of hydrogen-bond donors (Lipinski definition) is 1.